The molecule has 0 amide bonds. The van der Waals surface area contributed by atoms with Gasteiger partial charge in [-0.25, -0.2) is 0 Å². The van der Waals surface area contributed by atoms with Gasteiger partial charge in [0.15, 0.2) is 0 Å². The summed E-state index contributed by atoms with van der Waals surface area (Å²) in [4.78, 5) is 0. The fourth-order valence-corrected chi connectivity index (χ4v) is 7.68. The third kappa shape index (κ3) is 4.69. The zero-order chi connectivity index (χ0) is 23.3. The highest BCUT2D eigenvalue weighted by Gasteiger charge is 2.30. The zero-order valence-electron chi connectivity index (χ0n) is 20.1. The van der Waals surface area contributed by atoms with Gasteiger partial charge in [0.2, 0.25) is 0 Å². The van der Waals surface area contributed by atoms with E-state index in [0.29, 0.717) is 6.04 Å². The van der Waals surface area contributed by atoms with E-state index in [1.165, 1.54) is 45.7 Å². The molecule has 4 heteroatoms. The number of rotatable bonds is 8. The van der Waals surface area contributed by atoms with E-state index in [0.717, 1.165) is 19.6 Å². The van der Waals surface area contributed by atoms with Gasteiger partial charge in [0, 0.05) is 36.8 Å². The van der Waals surface area contributed by atoms with Crippen molar-refractivity contribution in [3.05, 3.63) is 114 Å². The number of methoxy groups -OCH3 is 1. The van der Waals surface area contributed by atoms with Crippen molar-refractivity contribution in [2.75, 3.05) is 25.3 Å². The van der Waals surface area contributed by atoms with Crippen LogP contribution in [0.15, 0.2) is 97.1 Å². The Morgan fingerprint density at radius 3 is 2.03 bits per heavy atom. The van der Waals surface area contributed by atoms with Crippen LogP contribution >= 0.6 is 7.92 Å². The first-order valence-corrected chi connectivity index (χ1v) is 13.5. The van der Waals surface area contributed by atoms with Crippen molar-refractivity contribution in [3.8, 4) is 0 Å². The molecule has 2 heterocycles. The fourth-order valence-electron chi connectivity index (χ4n) is 5.19. The maximum atomic E-state index is 5.62. The van der Waals surface area contributed by atoms with Crippen LogP contribution in [0.4, 0.5) is 0 Å². The van der Waals surface area contributed by atoms with E-state index in [1.807, 2.05) is 7.11 Å². The number of hydrogen-bond donors (Lipinski definition) is 0. The number of aromatic nitrogens is 1. The first kappa shape index (κ1) is 22.9. The smallest absolute Gasteiger partial charge is 0.0689 e. The van der Waals surface area contributed by atoms with Gasteiger partial charge in [-0.05, 0) is 49.9 Å². The molecular formula is C30H33N2OP. The molecule has 0 spiro atoms. The molecule has 174 valence electrons. The Bertz CT molecular complexity index is 1150. The predicted octanol–water partition coefficient (Wildman–Crippen LogP) is 4.89. The summed E-state index contributed by atoms with van der Waals surface area (Å²) in [6, 6.07) is 35.8. The highest BCUT2D eigenvalue weighted by atomic mass is 31.1. The molecule has 1 atom stereocenters. The second kappa shape index (κ2) is 10.6. The molecule has 1 aliphatic heterocycles. The lowest BCUT2D eigenvalue weighted by molar-refractivity contribution is 0.173. The highest BCUT2D eigenvalue weighted by Crippen LogP contribution is 2.36. The van der Waals surface area contributed by atoms with Crippen LogP contribution in [0.1, 0.15) is 29.8 Å². The summed E-state index contributed by atoms with van der Waals surface area (Å²) >= 11 is 0. The SMILES string of the molecule is COC[C@H]1CCCN1n1c(Cc2ccccc2)cc(P(c2ccccc2)c2ccccc2)c1C. The molecule has 0 saturated carbocycles. The molecule has 0 bridgehead atoms. The van der Waals surface area contributed by atoms with Gasteiger partial charge in [0.05, 0.1) is 12.6 Å². The van der Waals surface area contributed by atoms with Crippen LogP contribution in [0, 0.1) is 6.92 Å². The van der Waals surface area contributed by atoms with E-state index >= 15 is 0 Å². The first-order chi connectivity index (χ1) is 16.8. The Labute approximate surface area is 204 Å². The van der Waals surface area contributed by atoms with Gasteiger partial charge in [-0.2, -0.15) is 0 Å². The van der Waals surface area contributed by atoms with Gasteiger partial charge in [-0.15, -0.1) is 0 Å². The monoisotopic (exact) mass is 468 g/mol. The first-order valence-electron chi connectivity index (χ1n) is 12.2. The van der Waals surface area contributed by atoms with Crippen LogP contribution in [0.3, 0.4) is 0 Å². The molecule has 4 aromatic rings. The molecule has 0 unspecified atom stereocenters. The van der Waals surface area contributed by atoms with Gasteiger partial charge in [0.25, 0.3) is 0 Å². The molecule has 0 N–H and O–H groups in total. The standard InChI is InChI=1S/C30H33N2OP/c1-24-30(34(28-16-8-4-9-17-28)29-18-10-5-11-19-29)22-27(21-25-13-6-3-7-14-25)32(24)31-20-12-15-26(31)23-33-2/h3-11,13-14,16-19,22,26H,12,15,20-21,23H2,1-2H3/t26-/m1/s1. The van der Waals surface area contributed by atoms with Crippen LogP contribution in [-0.2, 0) is 11.2 Å². The zero-order valence-corrected chi connectivity index (χ0v) is 21.0. The molecule has 0 radical (unpaired) electrons. The fraction of sp³-hybridized carbons (Fsp3) is 0.267. The van der Waals surface area contributed by atoms with E-state index in [-0.39, 0.29) is 0 Å². The summed E-state index contributed by atoms with van der Waals surface area (Å²) < 4.78 is 8.15. The summed E-state index contributed by atoms with van der Waals surface area (Å²) in [7, 11) is 1.17. The second-order valence-corrected chi connectivity index (χ2v) is 11.2. The lowest BCUT2D eigenvalue weighted by atomic mass is 10.1. The van der Waals surface area contributed by atoms with Crippen LogP contribution in [0.5, 0.6) is 0 Å². The molecular weight excluding hydrogens is 435 g/mol. The highest BCUT2D eigenvalue weighted by molar-refractivity contribution is 7.79. The minimum Gasteiger partial charge on any atom is -0.382 e. The van der Waals surface area contributed by atoms with E-state index in [1.54, 1.807) is 0 Å². The van der Waals surface area contributed by atoms with Crippen molar-refractivity contribution in [1.82, 2.24) is 4.68 Å². The summed E-state index contributed by atoms with van der Waals surface area (Å²) in [5, 5.41) is 6.79. The molecule has 3 aromatic carbocycles. The van der Waals surface area contributed by atoms with E-state index < -0.39 is 7.92 Å². The van der Waals surface area contributed by atoms with Crippen molar-refractivity contribution in [2.45, 2.75) is 32.2 Å². The van der Waals surface area contributed by atoms with E-state index in [4.69, 9.17) is 4.74 Å². The largest absolute Gasteiger partial charge is 0.382 e. The number of hydrogen-bond acceptors (Lipinski definition) is 2. The summed E-state index contributed by atoms with van der Waals surface area (Å²) in [5.41, 5.74) is 4.06. The van der Waals surface area contributed by atoms with Crippen molar-refractivity contribution in [2.24, 2.45) is 0 Å². The van der Waals surface area contributed by atoms with Gasteiger partial charge in [-0.3, -0.25) is 4.68 Å². The Balaban J connectivity index is 1.66. The van der Waals surface area contributed by atoms with Crippen LogP contribution in [0.2, 0.25) is 0 Å². The second-order valence-electron chi connectivity index (χ2n) is 9.00. The third-order valence-corrected chi connectivity index (χ3v) is 9.29. The van der Waals surface area contributed by atoms with Crippen LogP contribution < -0.4 is 20.9 Å². The van der Waals surface area contributed by atoms with Crippen molar-refractivity contribution in [3.63, 3.8) is 0 Å². The predicted molar refractivity (Wildman–Crippen MR) is 145 cm³/mol. The van der Waals surface area contributed by atoms with Gasteiger partial charge in [-0.1, -0.05) is 91.0 Å². The van der Waals surface area contributed by atoms with Crippen molar-refractivity contribution < 1.29 is 4.74 Å². The number of benzene rings is 3. The topological polar surface area (TPSA) is 17.4 Å². The summed E-state index contributed by atoms with van der Waals surface area (Å²) in [6.45, 7) is 4.15. The summed E-state index contributed by atoms with van der Waals surface area (Å²) in [6.07, 6.45) is 3.31. The quantitative estimate of drug-likeness (QED) is 0.343. The van der Waals surface area contributed by atoms with Crippen molar-refractivity contribution >= 4 is 23.8 Å². The molecule has 1 aromatic heterocycles. The Morgan fingerprint density at radius 1 is 0.853 bits per heavy atom. The van der Waals surface area contributed by atoms with Crippen LogP contribution in [0.25, 0.3) is 0 Å². The Kier molecular flexibility index (Phi) is 7.13. The molecule has 3 nitrogen and oxygen atoms in total. The van der Waals surface area contributed by atoms with Crippen LogP contribution in [-0.4, -0.2) is 31.0 Å². The normalized spacial score (nSPS) is 15.9. The Hall–Kier alpha value is -2.87. The molecule has 0 aliphatic carbocycles. The van der Waals surface area contributed by atoms with Gasteiger partial charge >= 0.3 is 0 Å². The lowest BCUT2D eigenvalue weighted by Crippen LogP contribution is -2.43. The maximum Gasteiger partial charge on any atom is 0.0689 e. The molecule has 1 saturated heterocycles. The lowest BCUT2D eigenvalue weighted by Gasteiger charge is -2.31. The third-order valence-electron chi connectivity index (χ3n) is 6.72. The average molecular weight is 469 g/mol. The minimum atomic E-state index is -0.652. The summed E-state index contributed by atoms with van der Waals surface area (Å²) in [5.74, 6) is 0. The minimum absolute atomic E-state index is 0.415. The molecule has 34 heavy (non-hydrogen) atoms. The van der Waals surface area contributed by atoms with Crippen molar-refractivity contribution in [1.29, 1.82) is 0 Å². The van der Waals surface area contributed by atoms with Gasteiger partial charge < -0.3 is 9.75 Å². The Morgan fingerprint density at radius 2 is 1.44 bits per heavy atom. The average Bonchev–Trinajstić information content (AvgIpc) is 3.45. The van der Waals surface area contributed by atoms with Gasteiger partial charge in [0.1, 0.15) is 0 Å². The molecule has 5 rings (SSSR count). The number of ether oxygens (including phenoxy) is 1. The maximum absolute atomic E-state index is 5.62. The molecule has 1 fully saturated rings. The molecule has 1 aliphatic rings. The van der Waals surface area contributed by atoms with E-state index in [9.17, 15) is 0 Å². The number of nitrogens with zero attached hydrogens (tertiary/aromatic N) is 2. The van der Waals surface area contributed by atoms with E-state index in [2.05, 4.69) is 114 Å².